The Kier molecular flexibility index (Phi) is 4.40. The lowest BCUT2D eigenvalue weighted by Gasteiger charge is -2.43. The van der Waals surface area contributed by atoms with Gasteiger partial charge in [-0.2, -0.15) is 0 Å². The molecule has 1 aromatic heterocycles. The number of nitrogens with zero attached hydrogens (tertiary/aromatic N) is 1. The third-order valence-electron chi connectivity index (χ3n) is 4.61. The largest absolute Gasteiger partial charge is 0.451 e. The molecule has 1 aliphatic rings. The summed E-state index contributed by atoms with van der Waals surface area (Å²) in [6, 6.07) is 5.75. The third-order valence-corrected chi connectivity index (χ3v) is 7.12. The molecule has 1 fully saturated rings. The predicted octanol–water partition coefficient (Wildman–Crippen LogP) is 3.77. The van der Waals surface area contributed by atoms with Gasteiger partial charge in [0.2, 0.25) is 0 Å². The number of nitrogens with one attached hydrogen (secondary N) is 1. The molecule has 0 saturated carbocycles. The van der Waals surface area contributed by atoms with Gasteiger partial charge in [-0.25, -0.2) is 4.31 Å². The third kappa shape index (κ3) is 2.86. The zero-order valence-electron chi connectivity index (χ0n) is 13.9. The number of carbonyl (C=O) groups is 1. The van der Waals surface area contributed by atoms with Crippen molar-refractivity contribution in [1.29, 1.82) is 0 Å². The van der Waals surface area contributed by atoms with E-state index >= 15 is 0 Å². The number of aryl methyl sites for hydroxylation is 1. The van der Waals surface area contributed by atoms with E-state index in [9.17, 15) is 9.35 Å². The first-order valence-corrected chi connectivity index (χ1v) is 9.92. The van der Waals surface area contributed by atoms with E-state index in [1.807, 2.05) is 31.4 Å². The van der Waals surface area contributed by atoms with E-state index in [1.165, 1.54) is 6.42 Å². The van der Waals surface area contributed by atoms with Crippen LogP contribution >= 0.6 is 10.5 Å². The molecule has 0 radical (unpaired) electrons. The number of carbonyl (C=O) groups excluding carboxylic acids is 1. The van der Waals surface area contributed by atoms with Gasteiger partial charge in [0.25, 0.3) is 5.91 Å². The summed E-state index contributed by atoms with van der Waals surface area (Å²) >= 11 is 0. The molecular weight excluding hydrogens is 312 g/mol. The lowest BCUT2D eigenvalue weighted by atomic mass is 10.1. The Morgan fingerprint density at radius 3 is 2.65 bits per heavy atom. The summed E-state index contributed by atoms with van der Waals surface area (Å²) in [5.74, 6) is 0.114. The number of hydrogen-bond acceptors (Lipinski definition) is 4. The molecule has 1 aliphatic heterocycles. The quantitative estimate of drug-likeness (QED) is 0.895. The van der Waals surface area contributed by atoms with Crippen LogP contribution < -0.4 is 5.32 Å². The molecule has 0 bridgehead atoms. The van der Waals surface area contributed by atoms with Gasteiger partial charge in [-0.1, -0.05) is 16.9 Å². The molecular formula is C17H24N2O3S. The van der Waals surface area contributed by atoms with Gasteiger partial charge >= 0.3 is 0 Å². The number of hydrogen-bond donors (Lipinski definition) is 2. The predicted molar refractivity (Wildman–Crippen MR) is 94.2 cm³/mol. The van der Waals surface area contributed by atoms with Crippen LogP contribution in [0, 0.1) is 6.92 Å². The second-order valence-electron chi connectivity index (χ2n) is 6.12. The monoisotopic (exact) mass is 336 g/mol. The van der Waals surface area contributed by atoms with Crippen LogP contribution in [0.1, 0.15) is 35.4 Å². The van der Waals surface area contributed by atoms with Crippen LogP contribution in [0.15, 0.2) is 27.5 Å². The minimum Gasteiger partial charge on any atom is -0.451 e. The number of furan rings is 1. The molecule has 2 aromatic rings. The van der Waals surface area contributed by atoms with Crippen molar-refractivity contribution in [3.8, 4) is 0 Å². The molecule has 5 nitrogen and oxygen atoms in total. The van der Waals surface area contributed by atoms with E-state index < -0.39 is 10.5 Å². The fourth-order valence-corrected chi connectivity index (χ4v) is 5.07. The minimum absolute atomic E-state index is 0.226. The van der Waals surface area contributed by atoms with Crippen molar-refractivity contribution in [3.63, 3.8) is 0 Å². The summed E-state index contributed by atoms with van der Waals surface area (Å²) in [5.41, 5.74) is 1.49. The van der Waals surface area contributed by atoms with E-state index in [4.69, 9.17) is 4.42 Å². The normalized spacial score (nSPS) is 20.2. The van der Waals surface area contributed by atoms with Gasteiger partial charge in [-0.3, -0.25) is 4.79 Å². The average Bonchev–Trinajstić information content (AvgIpc) is 2.91. The smallest absolute Gasteiger partial charge is 0.287 e. The van der Waals surface area contributed by atoms with Crippen LogP contribution in [0.25, 0.3) is 11.0 Å². The van der Waals surface area contributed by atoms with Crippen molar-refractivity contribution in [2.75, 3.05) is 26.4 Å². The summed E-state index contributed by atoms with van der Waals surface area (Å²) in [4.78, 5) is 12.8. The molecule has 2 N–H and O–H groups in total. The number of piperidine rings is 1. The minimum atomic E-state index is -2.00. The number of benzene rings is 1. The van der Waals surface area contributed by atoms with Gasteiger partial charge < -0.3 is 14.3 Å². The topological polar surface area (TPSA) is 65.7 Å². The number of rotatable bonds is 3. The Balaban J connectivity index is 2.02. The van der Waals surface area contributed by atoms with Gasteiger partial charge in [0.1, 0.15) is 5.58 Å². The van der Waals surface area contributed by atoms with Crippen molar-refractivity contribution in [1.82, 2.24) is 9.62 Å². The van der Waals surface area contributed by atoms with Crippen LogP contribution in [-0.4, -0.2) is 41.2 Å². The summed E-state index contributed by atoms with van der Waals surface area (Å²) in [6.07, 6.45) is 5.43. The zero-order valence-corrected chi connectivity index (χ0v) is 14.7. The van der Waals surface area contributed by atoms with Crippen LogP contribution in [0.5, 0.6) is 0 Å². The maximum Gasteiger partial charge on any atom is 0.287 e. The highest BCUT2D eigenvalue weighted by molar-refractivity contribution is 8.26. The summed E-state index contributed by atoms with van der Waals surface area (Å²) in [7, 11) is -0.407. The van der Waals surface area contributed by atoms with Crippen molar-refractivity contribution in [3.05, 3.63) is 29.5 Å². The highest BCUT2D eigenvalue weighted by Gasteiger charge is 2.28. The Bertz CT molecular complexity index is 733. The molecule has 1 amide bonds. The number of amides is 1. The fourth-order valence-electron chi connectivity index (χ4n) is 3.14. The Hall–Kier alpha value is -1.50. The van der Waals surface area contributed by atoms with Crippen LogP contribution in [0.2, 0.25) is 0 Å². The van der Waals surface area contributed by atoms with Crippen molar-refractivity contribution in [2.24, 2.45) is 0 Å². The van der Waals surface area contributed by atoms with E-state index in [0.29, 0.717) is 11.3 Å². The van der Waals surface area contributed by atoms with Gasteiger partial charge in [-0.05, 0) is 38.0 Å². The average molecular weight is 336 g/mol. The molecule has 0 spiro atoms. The van der Waals surface area contributed by atoms with E-state index in [2.05, 4.69) is 9.62 Å². The highest BCUT2D eigenvalue weighted by atomic mass is 32.3. The summed E-state index contributed by atoms with van der Waals surface area (Å²) in [5, 5.41) is 3.49. The number of fused-ring (bicyclic) bond motifs is 1. The maximum absolute atomic E-state index is 11.9. The van der Waals surface area contributed by atoms with Gasteiger partial charge in [-0.15, -0.1) is 0 Å². The standard InChI is InChI=1S/C17H24N2O3S/c1-12-14-11-13(23(3,21)19-9-5-4-6-10-19)7-8-15(14)22-16(12)17(20)18-2/h7-8,11,21H,4-6,9-10H2,1-3H3,(H,18,20). The fraction of sp³-hybridized carbons (Fsp3) is 0.471. The Morgan fingerprint density at radius 2 is 2.00 bits per heavy atom. The molecule has 2 heterocycles. The molecule has 1 unspecified atom stereocenters. The molecule has 126 valence electrons. The molecule has 1 atom stereocenters. The van der Waals surface area contributed by atoms with Crippen LogP contribution in [0.4, 0.5) is 0 Å². The summed E-state index contributed by atoms with van der Waals surface area (Å²) in [6.45, 7) is 3.76. The van der Waals surface area contributed by atoms with Crippen LogP contribution in [0.3, 0.4) is 0 Å². The van der Waals surface area contributed by atoms with Crippen LogP contribution in [-0.2, 0) is 0 Å². The van der Waals surface area contributed by atoms with Gasteiger partial charge in [0.15, 0.2) is 5.76 Å². The van der Waals surface area contributed by atoms with E-state index in [-0.39, 0.29) is 5.91 Å². The molecule has 1 saturated heterocycles. The van der Waals surface area contributed by atoms with Crippen molar-refractivity contribution < 1.29 is 13.8 Å². The SMILES string of the molecule is CNC(=O)c1oc2ccc(S(C)(O)N3CCCCC3)cc2c1C. The lowest BCUT2D eigenvalue weighted by molar-refractivity contribution is 0.0937. The first-order valence-electron chi connectivity index (χ1n) is 7.96. The molecule has 0 aliphatic carbocycles. The second kappa shape index (κ2) is 6.19. The van der Waals surface area contributed by atoms with Crippen molar-refractivity contribution >= 4 is 27.4 Å². The molecule has 3 rings (SSSR count). The van der Waals surface area contributed by atoms with Gasteiger partial charge in [0.05, 0.1) is 0 Å². The van der Waals surface area contributed by atoms with E-state index in [1.54, 1.807) is 7.05 Å². The first-order chi connectivity index (χ1) is 10.9. The molecule has 6 heteroatoms. The lowest BCUT2D eigenvalue weighted by Crippen LogP contribution is -2.32. The van der Waals surface area contributed by atoms with Gasteiger partial charge in [0, 0.05) is 42.2 Å². The highest BCUT2D eigenvalue weighted by Crippen LogP contribution is 2.53. The molecule has 23 heavy (non-hydrogen) atoms. The summed E-state index contributed by atoms with van der Waals surface area (Å²) < 4.78 is 19.0. The maximum atomic E-state index is 11.9. The molecule has 1 aromatic carbocycles. The second-order valence-corrected chi connectivity index (χ2v) is 8.77. The first kappa shape index (κ1) is 16.4. The zero-order chi connectivity index (χ0) is 16.6. The Labute approximate surface area is 138 Å². The van der Waals surface area contributed by atoms with E-state index in [0.717, 1.165) is 41.8 Å². The Morgan fingerprint density at radius 1 is 1.30 bits per heavy atom. The van der Waals surface area contributed by atoms with Crippen molar-refractivity contribution in [2.45, 2.75) is 31.1 Å².